The molecule has 0 saturated heterocycles. The number of benzene rings is 4. The second-order valence-electron chi connectivity index (χ2n) is 11.1. The van der Waals surface area contributed by atoms with Gasteiger partial charge >= 0.3 is 0 Å². The summed E-state index contributed by atoms with van der Waals surface area (Å²) in [5.41, 5.74) is 6.18. The van der Waals surface area contributed by atoms with Gasteiger partial charge in [0.1, 0.15) is 28.3 Å². The van der Waals surface area contributed by atoms with Crippen molar-refractivity contribution in [2.24, 2.45) is 0 Å². The molecule has 0 spiro atoms. The zero-order valence-corrected chi connectivity index (χ0v) is 23.8. The van der Waals surface area contributed by atoms with Crippen molar-refractivity contribution in [1.82, 2.24) is 39.9 Å². The Hall–Kier alpha value is -5.96. The van der Waals surface area contributed by atoms with E-state index in [0.717, 1.165) is 43.8 Å². The van der Waals surface area contributed by atoms with Gasteiger partial charge in [0.15, 0.2) is 23.3 Å². The first-order valence-electron chi connectivity index (χ1n) is 14.5. The summed E-state index contributed by atoms with van der Waals surface area (Å²) in [5.74, 6) is 2.99. The molecule has 0 radical (unpaired) electrons. The van der Waals surface area contributed by atoms with E-state index in [2.05, 4.69) is 9.97 Å². The molecule has 0 unspecified atom stereocenters. The van der Waals surface area contributed by atoms with Crippen LogP contribution in [0.2, 0.25) is 0 Å². The van der Waals surface area contributed by atoms with Gasteiger partial charge in [-0.2, -0.15) is 0 Å². The number of rotatable bonds is 2. The molecule has 3 aromatic heterocycles. The van der Waals surface area contributed by atoms with Gasteiger partial charge in [-0.25, -0.2) is 29.9 Å². The molecule has 9 heteroatoms. The van der Waals surface area contributed by atoms with Crippen molar-refractivity contribution in [3.8, 4) is 51.3 Å². The molecule has 8 bridgehead atoms. The maximum absolute atomic E-state index is 6.26. The van der Waals surface area contributed by atoms with Crippen molar-refractivity contribution in [1.29, 1.82) is 0 Å². The van der Waals surface area contributed by atoms with Gasteiger partial charge in [0.25, 0.3) is 0 Å². The number of nitrogens with one attached hydrogen (secondary N) is 2. The molecule has 210 valence electrons. The van der Waals surface area contributed by atoms with Gasteiger partial charge in [-0.05, 0) is 19.9 Å². The van der Waals surface area contributed by atoms with Crippen LogP contribution < -0.4 is 4.74 Å². The van der Waals surface area contributed by atoms with Crippen LogP contribution in [0.5, 0.6) is 5.75 Å². The normalized spacial score (nSPS) is 12.1. The molecule has 2 aliphatic rings. The maximum atomic E-state index is 6.26. The van der Waals surface area contributed by atoms with Crippen molar-refractivity contribution in [2.45, 2.75) is 20.0 Å². The number of aromatic nitrogens is 8. The molecule has 0 atom stereocenters. The van der Waals surface area contributed by atoms with Gasteiger partial charge < -0.3 is 14.7 Å². The number of ether oxygens (including phenoxy) is 1. The topological polar surface area (TPSA) is 118 Å². The summed E-state index contributed by atoms with van der Waals surface area (Å²) in [6, 6.07) is 30.0. The highest BCUT2D eigenvalue weighted by Crippen LogP contribution is 2.38. The molecule has 4 aromatic carbocycles. The SMILES string of the molecule is CC(C)Oc1cccc2c3nc4nc(nc5[nH]c(nc6nc(nc([nH]3)c12)-c1ccccc1-6)c1ccccc51)-c1ccccc1-4. The Labute approximate surface area is 250 Å². The Morgan fingerprint density at radius 3 is 1.36 bits per heavy atom. The van der Waals surface area contributed by atoms with E-state index in [4.69, 9.17) is 34.6 Å². The van der Waals surface area contributed by atoms with Crippen molar-refractivity contribution in [2.75, 3.05) is 0 Å². The molecule has 44 heavy (non-hydrogen) atoms. The standard InChI is InChI=1S/C35H24N8O/c1-18(2)44-26-17-9-16-25-27(26)35-42-33-24-15-8-7-14-23(24)31(40-33)38-29-20-11-4-3-10-19(20)28(36-29)37-30-21-12-5-6-13-22(21)32(39-30)41-34(25)43-35/h3-18H,1-2H3,(H2,36,37,38,39,40,41,42,43). The lowest BCUT2D eigenvalue weighted by atomic mass is 10.1. The fourth-order valence-electron chi connectivity index (χ4n) is 6.01. The van der Waals surface area contributed by atoms with E-state index in [9.17, 15) is 0 Å². The lowest BCUT2D eigenvalue weighted by Crippen LogP contribution is -2.05. The summed E-state index contributed by atoms with van der Waals surface area (Å²) in [6.07, 6.45) is -0.0289. The highest BCUT2D eigenvalue weighted by molar-refractivity contribution is 6.08. The monoisotopic (exact) mass is 572 g/mol. The Morgan fingerprint density at radius 2 is 0.864 bits per heavy atom. The van der Waals surface area contributed by atoms with Crippen LogP contribution in [0.1, 0.15) is 13.8 Å². The van der Waals surface area contributed by atoms with E-state index in [-0.39, 0.29) is 6.10 Å². The molecule has 0 amide bonds. The highest BCUT2D eigenvalue weighted by atomic mass is 16.5. The number of fused-ring (bicyclic) bond motifs is 20. The Kier molecular flexibility index (Phi) is 5.19. The Balaban J connectivity index is 1.50. The van der Waals surface area contributed by atoms with Crippen molar-refractivity contribution in [3.63, 3.8) is 0 Å². The molecule has 2 aliphatic heterocycles. The van der Waals surface area contributed by atoms with Crippen molar-refractivity contribution >= 4 is 44.1 Å². The summed E-state index contributed by atoms with van der Waals surface area (Å²) in [4.78, 5) is 37.1. The number of nitrogens with zero attached hydrogens (tertiary/aromatic N) is 6. The third kappa shape index (κ3) is 3.72. The number of hydrogen-bond acceptors (Lipinski definition) is 7. The number of hydrogen-bond donors (Lipinski definition) is 2. The number of aromatic amines is 2. The summed E-state index contributed by atoms with van der Waals surface area (Å²) in [6.45, 7) is 4.02. The summed E-state index contributed by atoms with van der Waals surface area (Å²) >= 11 is 0. The van der Waals surface area contributed by atoms with Crippen LogP contribution in [0.15, 0.2) is 91.0 Å². The van der Waals surface area contributed by atoms with E-state index >= 15 is 0 Å². The molecule has 9 nitrogen and oxygen atoms in total. The van der Waals surface area contributed by atoms with E-state index in [1.165, 1.54) is 0 Å². The molecule has 9 rings (SSSR count). The average molecular weight is 573 g/mol. The van der Waals surface area contributed by atoms with Crippen LogP contribution in [-0.2, 0) is 0 Å². The van der Waals surface area contributed by atoms with E-state index in [1.807, 2.05) is 105 Å². The zero-order chi connectivity index (χ0) is 29.4. The highest BCUT2D eigenvalue weighted by Gasteiger charge is 2.22. The van der Waals surface area contributed by atoms with Crippen LogP contribution in [0.4, 0.5) is 0 Å². The predicted molar refractivity (Wildman–Crippen MR) is 172 cm³/mol. The first-order valence-corrected chi connectivity index (χ1v) is 14.5. The van der Waals surface area contributed by atoms with Crippen LogP contribution >= 0.6 is 0 Å². The van der Waals surface area contributed by atoms with Gasteiger partial charge in [0.2, 0.25) is 0 Å². The van der Waals surface area contributed by atoms with E-state index < -0.39 is 0 Å². The molecule has 0 saturated carbocycles. The van der Waals surface area contributed by atoms with Crippen LogP contribution in [-0.4, -0.2) is 46.0 Å². The van der Waals surface area contributed by atoms with Gasteiger partial charge in [-0.1, -0.05) is 84.9 Å². The van der Waals surface area contributed by atoms with Gasteiger partial charge in [0.05, 0.1) is 11.5 Å². The van der Waals surface area contributed by atoms with E-state index in [1.54, 1.807) is 0 Å². The minimum absolute atomic E-state index is 0.0289. The lowest BCUT2D eigenvalue weighted by molar-refractivity contribution is 0.245. The molecule has 2 N–H and O–H groups in total. The fourth-order valence-corrected chi connectivity index (χ4v) is 6.01. The third-order valence-electron chi connectivity index (χ3n) is 7.90. The molecular formula is C35H24N8O. The van der Waals surface area contributed by atoms with Crippen LogP contribution in [0.25, 0.3) is 89.7 Å². The smallest absolute Gasteiger partial charge is 0.164 e. The second kappa shape index (κ2) is 9.27. The second-order valence-corrected chi connectivity index (χ2v) is 11.1. The average Bonchev–Trinajstić information content (AvgIpc) is 3.77. The first-order chi connectivity index (χ1) is 21.6. The molecule has 5 heterocycles. The minimum atomic E-state index is -0.0289. The molecule has 7 aromatic rings. The van der Waals surface area contributed by atoms with E-state index in [0.29, 0.717) is 51.6 Å². The van der Waals surface area contributed by atoms with Crippen molar-refractivity contribution in [3.05, 3.63) is 91.0 Å². The Bertz CT molecular complexity index is 2470. The first kappa shape index (κ1) is 24.6. The zero-order valence-electron chi connectivity index (χ0n) is 23.8. The molecular weight excluding hydrogens is 548 g/mol. The van der Waals surface area contributed by atoms with Gasteiger partial charge in [-0.3, -0.25) is 0 Å². The summed E-state index contributed by atoms with van der Waals surface area (Å²) in [7, 11) is 0. The maximum Gasteiger partial charge on any atom is 0.164 e. The van der Waals surface area contributed by atoms with Crippen molar-refractivity contribution < 1.29 is 4.74 Å². The van der Waals surface area contributed by atoms with Gasteiger partial charge in [-0.15, -0.1) is 0 Å². The third-order valence-corrected chi connectivity index (χ3v) is 7.90. The predicted octanol–water partition coefficient (Wildman–Crippen LogP) is 7.66. The molecule has 0 aliphatic carbocycles. The summed E-state index contributed by atoms with van der Waals surface area (Å²) in [5, 5.41) is 3.59. The number of H-pyrrole nitrogens is 2. The largest absolute Gasteiger partial charge is 0.490 e. The van der Waals surface area contributed by atoms with Crippen LogP contribution in [0.3, 0.4) is 0 Å². The Morgan fingerprint density at radius 1 is 0.455 bits per heavy atom. The molecule has 0 fully saturated rings. The minimum Gasteiger partial charge on any atom is -0.490 e. The summed E-state index contributed by atoms with van der Waals surface area (Å²) < 4.78 is 6.26. The quantitative estimate of drug-likeness (QED) is 0.218. The fraction of sp³-hybridized carbons (Fsp3) is 0.0857. The van der Waals surface area contributed by atoms with Gasteiger partial charge in [0, 0.05) is 38.4 Å². The lowest BCUT2D eigenvalue weighted by Gasteiger charge is -2.10. The van der Waals surface area contributed by atoms with Crippen LogP contribution in [0, 0.1) is 0 Å².